The van der Waals surface area contributed by atoms with Crippen molar-refractivity contribution in [3.8, 4) is 0 Å². The van der Waals surface area contributed by atoms with Crippen molar-refractivity contribution < 1.29 is 0 Å². The minimum Gasteiger partial charge on any atom is -0.329 e. The maximum atomic E-state index is 6.53. The zero-order valence-corrected chi connectivity index (χ0v) is 17.1. The number of unbranched alkanes of at least 4 members (excludes halogenated alkanes) is 14. The fraction of sp³-hybridized carbons (Fsp3) is 1.00. The summed E-state index contributed by atoms with van der Waals surface area (Å²) in [6.07, 6.45) is 24.1. The van der Waals surface area contributed by atoms with Crippen LogP contribution in [0.4, 0.5) is 0 Å². The summed E-state index contributed by atoms with van der Waals surface area (Å²) in [5.41, 5.74) is 12.4. The van der Waals surface area contributed by atoms with Crippen LogP contribution in [0.25, 0.3) is 0 Å². The van der Waals surface area contributed by atoms with Gasteiger partial charge in [0, 0.05) is 12.1 Å². The monoisotopic (exact) mass is 340 g/mol. The third-order valence-corrected chi connectivity index (χ3v) is 5.46. The highest BCUT2D eigenvalue weighted by Crippen LogP contribution is 2.20. The van der Waals surface area contributed by atoms with E-state index in [-0.39, 0.29) is 5.54 Å². The Morgan fingerprint density at radius 2 is 0.792 bits per heavy atom. The Bertz CT molecular complexity index is 220. The molecule has 0 bridgehead atoms. The number of rotatable bonds is 19. The SMILES string of the molecule is CCCCCCCCCCC(N)(CN)CCCCCCCCCC. The summed E-state index contributed by atoms with van der Waals surface area (Å²) in [6.45, 7) is 5.21. The minimum atomic E-state index is -0.0928. The third kappa shape index (κ3) is 15.4. The van der Waals surface area contributed by atoms with Gasteiger partial charge in [0.15, 0.2) is 0 Å². The largest absolute Gasteiger partial charge is 0.329 e. The molecule has 0 radical (unpaired) electrons. The quantitative estimate of drug-likeness (QED) is 0.257. The highest BCUT2D eigenvalue weighted by atomic mass is 14.8. The molecule has 0 atom stereocenters. The standard InChI is InChI=1S/C22H48N2/c1-3-5-7-9-11-13-15-17-19-22(24,21-23)20-18-16-14-12-10-8-6-4-2/h3-21,23-24H2,1-2H3. The maximum Gasteiger partial charge on any atom is 0.0278 e. The molecule has 0 unspecified atom stereocenters. The van der Waals surface area contributed by atoms with Crippen LogP contribution in [0.1, 0.15) is 129 Å². The molecule has 0 saturated carbocycles. The highest BCUT2D eigenvalue weighted by molar-refractivity contribution is 4.84. The molecule has 0 amide bonds. The van der Waals surface area contributed by atoms with Crippen molar-refractivity contribution >= 4 is 0 Å². The second-order valence-electron chi connectivity index (χ2n) is 8.02. The fourth-order valence-electron chi connectivity index (χ4n) is 3.55. The van der Waals surface area contributed by atoms with E-state index in [1.807, 2.05) is 0 Å². The van der Waals surface area contributed by atoms with Crippen LogP contribution in [0, 0.1) is 0 Å². The van der Waals surface area contributed by atoms with Crippen LogP contribution >= 0.6 is 0 Å². The first-order valence-electron chi connectivity index (χ1n) is 11.2. The van der Waals surface area contributed by atoms with Crippen LogP contribution in [0.2, 0.25) is 0 Å². The van der Waals surface area contributed by atoms with Gasteiger partial charge in [-0.2, -0.15) is 0 Å². The topological polar surface area (TPSA) is 52.0 Å². The molecular weight excluding hydrogens is 292 g/mol. The molecule has 0 aromatic heterocycles. The van der Waals surface area contributed by atoms with Crippen LogP contribution < -0.4 is 11.5 Å². The van der Waals surface area contributed by atoms with Gasteiger partial charge in [-0.1, -0.05) is 117 Å². The van der Waals surface area contributed by atoms with Gasteiger partial charge in [0.25, 0.3) is 0 Å². The Balaban J connectivity index is 3.51. The molecule has 146 valence electrons. The summed E-state index contributed by atoms with van der Waals surface area (Å²) in [6, 6.07) is 0. The Labute approximate surface area is 153 Å². The molecule has 0 aromatic carbocycles. The molecule has 0 aliphatic rings. The van der Waals surface area contributed by atoms with E-state index in [1.165, 1.54) is 103 Å². The normalized spacial score (nSPS) is 12.0. The van der Waals surface area contributed by atoms with Gasteiger partial charge in [0.05, 0.1) is 0 Å². The van der Waals surface area contributed by atoms with Crippen LogP contribution in [0.5, 0.6) is 0 Å². The van der Waals surface area contributed by atoms with Gasteiger partial charge >= 0.3 is 0 Å². The van der Waals surface area contributed by atoms with Gasteiger partial charge in [-0.25, -0.2) is 0 Å². The number of hydrogen-bond donors (Lipinski definition) is 2. The van der Waals surface area contributed by atoms with E-state index in [0.717, 1.165) is 12.8 Å². The van der Waals surface area contributed by atoms with Crippen molar-refractivity contribution in [2.45, 2.75) is 135 Å². The smallest absolute Gasteiger partial charge is 0.0278 e. The summed E-state index contributed by atoms with van der Waals surface area (Å²) in [5, 5.41) is 0. The molecule has 24 heavy (non-hydrogen) atoms. The van der Waals surface area contributed by atoms with E-state index >= 15 is 0 Å². The molecule has 2 heteroatoms. The molecule has 4 N–H and O–H groups in total. The summed E-state index contributed by atoms with van der Waals surface area (Å²) in [7, 11) is 0. The zero-order valence-electron chi connectivity index (χ0n) is 17.1. The van der Waals surface area contributed by atoms with E-state index in [1.54, 1.807) is 0 Å². The zero-order chi connectivity index (χ0) is 17.9. The first-order chi connectivity index (χ1) is 11.7. The van der Waals surface area contributed by atoms with Gasteiger partial charge < -0.3 is 11.5 Å². The van der Waals surface area contributed by atoms with Crippen molar-refractivity contribution in [1.29, 1.82) is 0 Å². The van der Waals surface area contributed by atoms with Crippen LogP contribution in [-0.4, -0.2) is 12.1 Å². The summed E-state index contributed by atoms with van der Waals surface area (Å²) in [5.74, 6) is 0. The first-order valence-corrected chi connectivity index (χ1v) is 11.2. The number of hydrogen-bond acceptors (Lipinski definition) is 2. The predicted octanol–water partition coefficient (Wildman–Crippen LogP) is 6.70. The Morgan fingerprint density at radius 3 is 1.08 bits per heavy atom. The molecule has 0 fully saturated rings. The molecule has 0 aromatic rings. The van der Waals surface area contributed by atoms with Crippen molar-refractivity contribution in [3.63, 3.8) is 0 Å². The van der Waals surface area contributed by atoms with Gasteiger partial charge in [0.2, 0.25) is 0 Å². The van der Waals surface area contributed by atoms with E-state index in [0.29, 0.717) is 6.54 Å². The van der Waals surface area contributed by atoms with Crippen LogP contribution in [0.3, 0.4) is 0 Å². The third-order valence-electron chi connectivity index (χ3n) is 5.46. The average molecular weight is 341 g/mol. The van der Waals surface area contributed by atoms with Crippen LogP contribution in [0.15, 0.2) is 0 Å². The molecule has 0 aliphatic carbocycles. The molecule has 0 saturated heterocycles. The summed E-state index contributed by atoms with van der Waals surface area (Å²) in [4.78, 5) is 0. The Kier molecular flexibility index (Phi) is 17.7. The second-order valence-corrected chi connectivity index (χ2v) is 8.02. The minimum absolute atomic E-state index is 0.0928. The van der Waals surface area contributed by atoms with Crippen molar-refractivity contribution in [1.82, 2.24) is 0 Å². The van der Waals surface area contributed by atoms with E-state index in [9.17, 15) is 0 Å². The Hall–Kier alpha value is -0.0800. The lowest BCUT2D eigenvalue weighted by Gasteiger charge is -2.28. The van der Waals surface area contributed by atoms with E-state index in [2.05, 4.69) is 13.8 Å². The lowest BCUT2D eigenvalue weighted by Crippen LogP contribution is -2.46. The van der Waals surface area contributed by atoms with E-state index < -0.39 is 0 Å². The predicted molar refractivity (Wildman–Crippen MR) is 110 cm³/mol. The number of nitrogens with two attached hydrogens (primary N) is 2. The molecule has 0 heterocycles. The summed E-state index contributed by atoms with van der Waals surface area (Å²) < 4.78 is 0. The summed E-state index contributed by atoms with van der Waals surface area (Å²) >= 11 is 0. The second kappa shape index (κ2) is 17.7. The van der Waals surface area contributed by atoms with Crippen LogP contribution in [-0.2, 0) is 0 Å². The Morgan fingerprint density at radius 1 is 0.500 bits per heavy atom. The van der Waals surface area contributed by atoms with Gasteiger partial charge in [-0.05, 0) is 12.8 Å². The molecule has 0 rings (SSSR count). The maximum absolute atomic E-state index is 6.53. The van der Waals surface area contributed by atoms with Crippen molar-refractivity contribution in [3.05, 3.63) is 0 Å². The highest BCUT2D eigenvalue weighted by Gasteiger charge is 2.21. The lowest BCUT2D eigenvalue weighted by molar-refractivity contribution is 0.342. The molecule has 0 aliphatic heterocycles. The van der Waals surface area contributed by atoms with Crippen molar-refractivity contribution in [2.24, 2.45) is 11.5 Å². The average Bonchev–Trinajstić information content (AvgIpc) is 2.59. The van der Waals surface area contributed by atoms with Crippen molar-refractivity contribution in [2.75, 3.05) is 6.54 Å². The lowest BCUT2D eigenvalue weighted by atomic mass is 9.87. The van der Waals surface area contributed by atoms with E-state index in [4.69, 9.17) is 11.5 Å². The van der Waals surface area contributed by atoms with Gasteiger partial charge in [0.1, 0.15) is 0 Å². The first kappa shape index (κ1) is 23.9. The molecule has 2 nitrogen and oxygen atoms in total. The fourth-order valence-corrected chi connectivity index (χ4v) is 3.55. The van der Waals surface area contributed by atoms with Gasteiger partial charge in [-0.3, -0.25) is 0 Å². The van der Waals surface area contributed by atoms with Gasteiger partial charge in [-0.15, -0.1) is 0 Å². The molecular formula is C22H48N2. The molecule has 0 spiro atoms.